The van der Waals surface area contributed by atoms with Gasteiger partial charge in [0.1, 0.15) is 29.5 Å². The molecule has 9 nitrogen and oxygen atoms in total. The Labute approximate surface area is 166 Å². The molecule has 0 atom stereocenters. The molecule has 3 aromatic heterocycles. The van der Waals surface area contributed by atoms with E-state index in [0.717, 1.165) is 17.1 Å². The molecule has 10 heteroatoms. The standard InChI is InChI=1S/C18H18ClN9/c1-27-15(21-11-23-27)10-28-9-13(8-22-28)24-18-25-14(16(19)17(20)26-18)7-12-5-3-2-4-6-12/h2-6,8-9,11H,7,10H2,1H3,(H3,20,24,25,26). The molecule has 0 amide bonds. The Morgan fingerprint density at radius 1 is 1.14 bits per heavy atom. The van der Waals surface area contributed by atoms with E-state index in [1.807, 2.05) is 43.6 Å². The third-order valence-corrected chi connectivity index (χ3v) is 4.57. The van der Waals surface area contributed by atoms with E-state index in [1.165, 1.54) is 6.33 Å². The summed E-state index contributed by atoms with van der Waals surface area (Å²) in [4.78, 5) is 12.9. The van der Waals surface area contributed by atoms with Crippen LogP contribution >= 0.6 is 11.6 Å². The SMILES string of the molecule is Cn1ncnc1Cn1cc(Nc2nc(N)c(Cl)c(Cc3ccccc3)n2)cn1. The summed E-state index contributed by atoms with van der Waals surface area (Å²) in [6, 6.07) is 9.93. The van der Waals surface area contributed by atoms with E-state index in [2.05, 4.69) is 30.5 Å². The lowest BCUT2D eigenvalue weighted by molar-refractivity contribution is 0.608. The molecule has 0 unspecified atom stereocenters. The summed E-state index contributed by atoms with van der Waals surface area (Å²) in [5, 5.41) is 11.9. The number of aromatic nitrogens is 7. The van der Waals surface area contributed by atoms with Gasteiger partial charge in [0, 0.05) is 19.7 Å². The van der Waals surface area contributed by atoms with Crippen LogP contribution in [0.4, 0.5) is 17.5 Å². The number of nitrogens with zero attached hydrogens (tertiary/aromatic N) is 7. The second kappa shape index (κ2) is 7.65. The summed E-state index contributed by atoms with van der Waals surface area (Å²) in [5.74, 6) is 1.40. The van der Waals surface area contributed by atoms with Crippen molar-refractivity contribution in [2.75, 3.05) is 11.1 Å². The van der Waals surface area contributed by atoms with Gasteiger partial charge in [-0.25, -0.2) is 9.97 Å². The summed E-state index contributed by atoms with van der Waals surface area (Å²) in [6.07, 6.45) is 5.59. The average molecular weight is 396 g/mol. The van der Waals surface area contributed by atoms with Gasteiger partial charge < -0.3 is 11.1 Å². The number of nitrogens with one attached hydrogen (secondary N) is 1. The van der Waals surface area contributed by atoms with Crippen molar-refractivity contribution in [1.82, 2.24) is 34.5 Å². The van der Waals surface area contributed by atoms with Crippen LogP contribution in [-0.2, 0) is 20.0 Å². The van der Waals surface area contributed by atoms with Crippen LogP contribution in [-0.4, -0.2) is 34.5 Å². The van der Waals surface area contributed by atoms with Crippen molar-refractivity contribution in [1.29, 1.82) is 0 Å². The molecule has 0 saturated carbocycles. The number of halogens is 1. The highest BCUT2D eigenvalue weighted by molar-refractivity contribution is 6.33. The first-order chi connectivity index (χ1) is 13.6. The van der Waals surface area contributed by atoms with Crippen molar-refractivity contribution in [3.63, 3.8) is 0 Å². The summed E-state index contributed by atoms with van der Waals surface area (Å²) in [7, 11) is 1.84. The molecule has 0 fully saturated rings. The van der Waals surface area contributed by atoms with Crippen LogP contribution in [0.1, 0.15) is 17.1 Å². The second-order valence-corrected chi connectivity index (χ2v) is 6.58. The molecular weight excluding hydrogens is 378 g/mol. The number of hydrogen-bond acceptors (Lipinski definition) is 7. The monoisotopic (exact) mass is 395 g/mol. The maximum atomic E-state index is 6.31. The van der Waals surface area contributed by atoms with Crippen LogP contribution in [0.25, 0.3) is 0 Å². The summed E-state index contributed by atoms with van der Waals surface area (Å²) < 4.78 is 3.45. The molecule has 0 spiro atoms. The number of rotatable bonds is 6. The molecule has 4 rings (SSSR count). The normalized spacial score (nSPS) is 10.9. The minimum absolute atomic E-state index is 0.233. The van der Waals surface area contributed by atoms with Gasteiger partial charge in [-0.15, -0.1) is 0 Å². The van der Waals surface area contributed by atoms with Crippen LogP contribution in [0.3, 0.4) is 0 Å². The quantitative estimate of drug-likeness (QED) is 0.515. The zero-order valence-corrected chi connectivity index (χ0v) is 15.9. The van der Waals surface area contributed by atoms with Gasteiger partial charge in [0.25, 0.3) is 0 Å². The molecule has 4 aromatic rings. The predicted octanol–water partition coefficient (Wildman–Crippen LogP) is 2.42. The largest absolute Gasteiger partial charge is 0.382 e. The van der Waals surface area contributed by atoms with Gasteiger partial charge in [-0.1, -0.05) is 41.9 Å². The van der Waals surface area contributed by atoms with Crippen LogP contribution in [0.5, 0.6) is 0 Å². The van der Waals surface area contributed by atoms with Gasteiger partial charge in [-0.3, -0.25) is 9.36 Å². The summed E-state index contributed by atoms with van der Waals surface area (Å²) in [6.45, 7) is 0.501. The summed E-state index contributed by atoms with van der Waals surface area (Å²) in [5.41, 5.74) is 8.46. The van der Waals surface area contributed by atoms with Crippen molar-refractivity contribution in [3.05, 3.63) is 71.2 Å². The van der Waals surface area contributed by atoms with Crippen LogP contribution in [0, 0.1) is 0 Å². The highest BCUT2D eigenvalue weighted by Crippen LogP contribution is 2.25. The lowest BCUT2D eigenvalue weighted by atomic mass is 10.1. The van der Waals surface area contributed by atoms with Crippen molar-refractivity contribution < 1.29 is 0 Å². The van der Waals surface area contributed by atoms with E-state index in [0.29, 0.717) is 29.6 Å². The van der Waals surface area contributed by atoms with E-state index in [1.54, 1.807) is 15.6 Å². The minimum Gasteiger partial charge on any atom is -0.382 e. The Balaban J connectivity index is 1.53. The molecule has 0 radical (unpaired) electrons. The van der Waals surface area contributed by atoms with Crippen molar-refractivity contribution >= 4 is 29.1 Å². The summed E-state index contributed by atoms with van der Waals surface area (Å²) >= 11 is 6.31. The van der Waals surface area contributed by atoms with Crippen molar-refractivity contribution in [2.24, 2.45) is 7.05 Å². The van der Waals surface area contributed by atoms with Crippen LogP contribution in [0.2, 0.25) is 5.02 Å². The van der Waals surface area contributed by atoms with Crippen molar-refractivity contribution in [3.8, 4) is 0 Å². The van der Waals surface area contributed by atoms with Gasteiger partial charge in [0.15, 0.2) is 0 Å². The molecular formula is C18H18ClN9. The van der Waals surface area contributed by atoms with Crippen LogP contribution in [0.15, 0.2) is 49.1 Å². The maximum absolute atomic E-state index is 6.31. The molecule has 0 aliphatic heterocycles. The lowest BCUT2D eigenvalue weighted by Gasteiger charge is -2.09. The van der Waals surface area contributed by atoms with E-state index >= 15 is 0 Å². The fourth-order valence-electron chi connectivity index (χ4n) is 2.73. The first-order valence-electron chi connectivity index (χ1n) is 8.56. The number of nitrogens with two attached hydrogens (primary N) is 1. The zero-order valence-electron chi connectivity index (χ0n) is 15.1. The number of aryl methyl sites for hydroxylation is 1. The molecule has 3 heterocycles. The number of benzene rings is 1. The number of anilines is 3. The predicted molar refractivity (Wildman–Crippen MR) is 106 cm³/mol. The Morgan fingerprint density at radius 2 is 1.96 bits per heavy atom. The molecule has 28 heavy (non-hydrogen) atoms. The topological polar surface area (TPSA) is 112 Å². The van der Waals surface area contributed by atoms with Gasteiger partial charge >= 0.3 is 0 Å². The third-order valence-electron chi connectivity index (χ3n) is 4.16. The van der Waals surface area contributed by atoms with E-state index in [9.17, 15) is 0 Å². The number of nitrogen functional groups attached to an aromatic ring is 1. The Kier molecular flexibility index (Phi) is 4.90. The van der Waals surface area contributed by atoms with Crippen LogP contribution < -0.4 is 11.1 Å². The van der Waals surface area contributed by atoms with Gasteiger partial charge in [-0.05, 0) is 5.56 Å². The Morgan fingerprint density at radius 3 is 2.71 bits per heavy atom. The highest BCUT2D eigenvalue weighted by atomic mass is 35.5. The zero-order chi connectivity index (χ0) is 19.5. The maximum Gasteiger partial charge on any atom is 0.229 e. The fourth-order valence-corrected chi connectivity index (χ4v) is 2.88. The Bertz CT molecular complexity index is 1090. The van der Waals surface area contributed by atoms with Gasteiger partial charge in [0.05, 0.1) is 17.6 Å². The molecule has 0 aliphatic carbocycles. The minimum atomic E-state index is 0.233. The molecule has 0 aliphatic rings. The third kappa shape index (κ3) is 3.94. The average Bonchev–Trinajstić information content (AvgIpc) is 3.29. The van der Waals surface area contributed by atoms with E-state index in [-0.39, 0.29) is 5.82 Å². The highest BCUT2D eigenvalue weighted by Gasteiger charge is 2.12. The second-order valence-electron chi connectivity index (χ2n) is 6.21. The lowest BCUT2D eigenvalue weighted by Crippen LogP contribution is -2.07. The van der Waals surface area contributed by atoms with E-state index in [4.69, 9.17) is 17.3 Å². The first kappa shape index (κ1) is 17.9. The van der Waals surface area contributed by atoms with Gasteiger partial charge in [0.2, 0.25) is 5.95 Å². The molecule has 142 valence electrons. The number of hydrogen-bond donors (Lipinski definition) is 2. The molecule has 3 N–H and O–H groups in total. The molecule has 0 bridgehead atoms. The molecule has 1 aromatic carbocycles. The van der Waals surface area contributed by atoms with Gasteiger partial charge in [-0.2, -0.15) is 15.2 Å². The molecule has 0 saturated heterocycles. The fraction of sp³-hybridized carbons (Fsp3) is 0.167. The van der Waals surface area contributed by atoms with Crippen molar-refractivity contribution in [2.45, 2.75) is 13.0 Å². The smallest absolute Gasteiger partial charge is 0.229 e. The van der Waals surface area contributed by atoms with E-state index < -0.39 is 0 Å². The first-order valence-corrected chi connectivity index (χ1v) is 8.94. The Hall–Kier alpha value is -3.46.